The van der Waals surface area contributed by atoms with Gasteiger partial charge in [-0.2, -0.15) is 0 Å². The second-order valence-electron chi connectivity index (χ2n) is 6.37. The molecule has 0 bridgehead atoms. The first-order valence-electron chi connectivity index (χ1n) is 7.73. The molecule has 1 atom stereocenters. The molecule has 21 heavy (non-hydrogen) atoms. The van der Waals surface area contributed by atoms with Crippen molar-refractivity contribution in [1.82, 2.24) is 5.32 Å². The number of methoxy groups -OCH3 is 1. The summed E-state index contributed by atoms with van der Waals surface area (Å²) in [5.74, 6) is 0.951. The molecular formula is C17H26FNO2. The molecule has 0 spiro atoms. The van der Waals surface area contributed by atoms with Crippen molar-refractivity contribution in [3.05, 3.63) is 29.6 Å². The number of benzene rings is 1. The number of rotatable bonds is 5. The maximum Gasteiger partial charge on any atom is 0.131 e. The molecule has 1 aliphatic rings. The van der Waals surface area contributed by atoms with Crippen molar-refractivity contribution in [2.24, 2.45) is 5.92 Å². The maximum absolute atomic E-state index is 14.0. The molecule has 1 aromatic rings. The number of halogens is 1. The van der Waals surface area contributed by atoms with Crippen molar-refractivity contribution in [3.63, 3.8) is 0 Å². The fraction of sp³-hybridized carbons (Fsp3) is 0.647. The highest BCUT2D eigenvalue weighted by Gasteiger charge is 2.32. The first kappa shape index (κ1) is 16.2. The molecule has 0 radical (unpaired) electrons. The van der Waals surface area contributed by atoms with Gasteiger partial charge in [-0.1, -0.05) is 13.0 Å². The number of hydrogen-bond donors (Lipinski definition) is 2. The highest BCUT2D eigenvalue weighted by molar-refractivity contribution is 5.36. The molecule has 1 aromatic carbocycles. The average molecular weight is 295 g/mol. The van der Waals surface area contributed by atoms with Gasteiger partial charge < -0.3 is 15.2 Å². The smallest absolute Gasteiger partial charge is 0.131 e. The van der Waals surface area contributed by atoms with Gasteiger partial charge in [0.2, 0.25) is 0 Å². The molecule has 2 N–H and O–H groups in total. The largest absolute Gasteiger partial charge is 0.496 e. The summed E-state index contributed by atoms with van der Waals surface area (Å²) in [6.45, 7) is 4.61. The first-order valence-corrected chi connectivity index (χ1v) is 7.73. The van der Waals surface area contributed by atoms with E-state index in [2.05, 4.69) is 12.2 Å². The molecule has 4 heteroatoms. The third-order valence-corrected chi connectivity index (χ3v) is 4.61. The topological polar surface area (TPSA) is 41.5 Å². The van der Waals surface area contributed by atoms with Crippen LogP contribution in [0, 0.1) is 11.7 Å². The maximum atomic E-state index is 14.0. The van der Waals surface area contributed by atoms with E-state index in [9.17, 15) is 9.50 Å². The van der Waals surface area contributed by atoms with Crippen molar-refractivity contribution in [3.8, 4) is 5.75 Å². The van der Waals surface area contributed by atoms with Gasteiger partial charge in [0.15, 0.2) is 0 Å². The number of nitrogens with one attached hydrogen (secondary N) is 1. The molecule has 0 amide bonds. The Kier molecular flexibility index (Phi) is 5.22. The van der Waals surface area contributed by atoms with Crippen LogP contribution in [0.25, 0.3) is 0 Å². The molecule has 0 heterocycles. The molecule has 1 saturated carbocycles. The third-order valence-electron chi connectivity index (χ3n) is 4.61. The Morgan fingerprint density at radius 3 is 2.71 bits per heavy atom. The summed E-state index contributed by atoms with van der Waals surface area (Å²) in [6, 6.07) is 4.63. The van der Waals surface area contributed by atoms with E-state index in [-0.39, 0.29) is 11.9 Å². The van der Waals surface area contributed by atoms with E-state index in [1.54, 1.807) is 19.2 Å². The zero-order valence-electron chi connectivity index (χ0n) is 13.2. The Bertz CT molecular complexity index is 470. The Morgan fingerprint density at radius 1 is 1.43 bits per heavy atom. The summed E-state index contributed by atoms with van der Waals surface area (Å²) in [4.78, 5) is 0. The van der Waals surface area contributed by atoms with Gasteiger partial charge in [0.05, 0.1) is 12.7 Å². The monoisotopic (exact) mass is 295 g/mol. The predicted molar refractivity (Wildman–Crippen MR) is 82.0 cm³/mol. The van der Waals surface area contributed by atoms with Gasteiger partial charge in [-0.05, 0) is 50.7 Å². The lowest BCUT2D eigenvalue weighted by Crippen LogP contribution is -2.44. The predicted octanol–water partition coefficient (Wildman–Crippen LogP) is 3.43. The molecule has 118 valence electrons. The zero-order chi connectivity index (χ0) is 15.5. The van der Waals surface area contributed by atoms with Crippen LogP contribution in [-0.4, -0.2) is 24.4 Å². The van der Waals surface area contributed by atoms with Gasteiger partial charge in [-0.3, -0.25) is 0 Å². The molecule has 0 aliphatic heterocycles. The number of ether oxygens (including phenoxy) is 1. The van der Waals surface area contributed by atoms with Crippen molar-refractivity contribution in [2.45, 2.75) is 51.2 Å². The molecule has 3 nitrogen and oxygen atoms in total. The standard InChI is InChI=1S/C17H26FNO2/c1-12-7-9-17(20,10-8-12)11-19-13(2)16-14(18)5-4-6-15(16)21-3/h4-6,12-13,19-20H,7-11H2,1-3H3. The van der Waals surface area contributed by atoms with Crippen LogP contribution in [0.15, 0.2) is 18.2 Å². The van der Waals surface area contributed by atoms with Gasteiger partial charge in [0.25, 0.3) is 0 Å². The van der Waals surface area contributed by atoms with Gasteiger partial charge in [0.1, 0.15) is 11.6 Å². The SMILES string of the molecule is COc1cccc(F)c1C(C)NCC1(O)CCC(C)CC1. The lowest BCUT2D eigenvalue weighted by Gasteiger charge is -2.36. The summed E-state index contributed by atoms with van der Waals surface area (Å²) >= 11 is 0. The van der Waals surface area contributed by atoms with Crippen molar-refractivity contribution >= 4 is 0 Å². The van der Waals surface area contributed by atoms with Crippen LogP contribution >= 0.6 is 0 Å². The molecule has 0 saturated heterocycles. The minimum atomic E-state index is -0.667. The lowest BCUT2D eigenvalue weighted by atomic mass is 9.79. The van der Waals surface area contributed by atoms with Crippen LogP contribution in [0.5, 0.6) is 5.75 Å². The summed E-state index contributed by atoms with van der Waals surface area (Å²) in [7, 11) is 1.54. The Labute approximate surface area is 126 Å². The van der Waals surface area contributed by atoms with Crippen molar-refractivity contribution in [1.29, 1.82) is 0 Å². The Morgan fingerprint density at radius 2 is 2.10 bits per heavy atom. The number of aliphatic hydroxyl groups is 1. The Balaban J connectivity index is 2.00. The van der Waals surface area contributed by atoms with E-state index < -0.39 is 5.60 Å². The fourth-order valence-corrected chi connectivity index (χ4v) is 3.04. The average Bonchev–Trinajstić information content (AvgIpc) is 2.48. The van der Waals surface area contributed by atoms with Gasteiger partial charge in [0, 0.05) is 18.2 Å². The summed E-state index contributed by atoms with van der Waals surface area (Å²) in [6.07, 6.45) is 3.72. The number of hydrogen-bond acceptors (Lipinski definition) is 3. The normalized spacial score (nSPS) is 27.4. The minimum absolute atomic E-state index is 0.204. The van der Waals surface area contributed by atoms with Crippen LogP contribution < -0.4 is 10.1 Å². The lowest BCUT2D eigenvalue weighted by molar-refractivity contribution is -0.00795. The summed E-state index contributed by atoms with van der Waals surface area (Å²) in [5.41, 5.74) is -0.146. The Hall–Kier alpha value is -1.13. The van der Waals surface area contributed by atoms with Gasteiger partial charge in [-0.25, -0.2) is 4.39 Å². The quantitative estimate of drug-likeness (QED) is 0.874. The summed E-state index contributed by atoms with van der Waals surface area (Å²) < 4.78 is 19.3. The fourth-order valence-electron chi connectivity index (χ4n) is 3.04. The molecule has 0 aromatic heterocycles. The molecule has 1 fully saturated rings. The highest BCUT2D eigenvalue weighted by Crippen LogP contribution is 2.33. The van der Waals surface area contributed by atoms with Crippen LogP contribution in [0.4, 0.5) is 4.39 Å². The van der Waals surface area contributed by atoms with E-state index in [0.717, 1.165) is 25.7 Å². The first-order chi connectivity index (χ1) is 9.95. The zero-order valence-corrected chi connectivity index (χ0v) is 13.2. The van der Waals surface area contributed by atoms with E-state index in [0.29, 0.717) is 23.8 Å². The molecule has 1 unspecified atom stereocenters. The highest BCUT2D eigenvalue weighted by atomic mass is 19.1. The van der Waals surface area contributed by atoms with E-state index in [4.69, 9.17) is 4.74 Å². The third kappa shape index (κ3) is 3.95. The van der Waals surface area contributed by atoms with Crippen LogP contribution in [0.2, 0.25) is 0 Å². The minimum Gasteiger partial charge on any atom is -0.496 e. The van der Waals surface area contributed by atoms with E-state index >= 15 is 0 Å². The summed E-state index contributed by atoms with van der Waals surface area (Å²) in [5, 5.41) is 13.9. The van der Waals surface area contributed by atoms with Crippen molar-refractivity contribution in [2.75, 3.05) is 13.7 Å². The van der Waals surface area contributed by atoms with Gasteiger partial charge >= 0.3 is 0 Å². The molecule has 1 aliphatic carbocycles. The molecular weight excluding hydrogens is 269 g/mol. The van der Waals surface area contributed by atoms with Gasteiger partial charge in [-0.15, -0.1) is 0 Å². The van der Waals surface area contributed by atoms with E-state index in [1.165, 1.54) is 6.07 Å². The molecule has 2 rings (SSSR count). The van der Waals surface area contributed by atoms with E-state index in [1.807, 2.05) is 6.92 Å². The second-order valence-corrected chi connectivity index (χ2v) is 6.37. The van der Waals surface area contributed by atoms with Crippen LogP contribution in [0.3, 0.4) is 0 Å². The second kappa shape index (κ2) is 6.75. The van der Waals surface area contributed by atoms with Crippen molar-refractivity contribution < 1.29 is 14.2 Å². The van der Waals surface area contributed by atoms with Crippen LogP contribution in [-0.2, 0) is 0 Å². The van der Waals surface area contributed by atoms with Crippen LogP contribution in [0.1, 0.15) is 51.1 Å².